The number of nitrogens with zero attached hydrogens (tertiary/aromatic N) is 5. The monoisotopic (exact) mass is 515 g/mol. The van der Waals surface area contributed by atoms with Gasteiger partial charge in [0, 0.05) is 29.0 Å². The Morgan fingerprint density at radius 1 is 1.29 bits per heavy atom. The van der Waals surface area contributed by atoms with Gasteiger partial charge in [0.15, 0.2) is 21.7 Å². The van der Waals surface area contributed by atoms with Crippen molar-refractivity contribution in [3.8, 4) is 0 Å². The van der Waals surface area contributed by atoms with E-state index in [1.807, 2.05) is 10.7 Å². The number of ketones is 1. The molecule has 4 heterocycles. The van der Waals surface area contributed by atoms with E-state index in [4.69, 9.17) is 9.72 Å². The highest BCUT2D eigenvalue weighted by molar-refractivity contribution is 8.00. The maximum absolute atomic E-state index is 12.7. The maximum atomic E-state index is 12.7. The van der Waals surface area contributed by atoms with Gasteiger partial charge >= 0.3 is 0 Å². The van der Waals surface area contributed by atoms with Crippen LogP contribution in [0, 0.1) is 10.1 Å². The van der Waals surface area contributed by atoms with Crippen molar-refractivity contribution in [2.24, 2.45) is 0 Å². The lowest BCUT2D eigenvalue weighted by atomic mass is 9.90. The van der Waals surface area contributed by atoms with Crippen molar-refractivity contribution in [2.75, 3.05) is 12.0 Å². The molecule has 9 nitrogen and oxygen atoms in total. The molecule has 1 aliphatic rings. The number of thioether (sulfide) groups is 2. The second kappa shape index (κ2) is 8.91. The van der Waals surface area contributed by atoms with E-state index < -0.39 is 4.92 Å². The van der Waals surface area contributed by atoms with Crippen molar-refractivity contribution in [2.45, 2.75) is 49.2 Å². The number of aromatic nitrogens is 4. The lowest BCUT2D eigenvalue weighted by Crippen LogP contribution is -2.33. The Balaban J connectivity index is 1.49. The van der Waals surface area contributed by atoms with E-state index in [9.17, 15) is 14.9 Å². The van der Waals surface area contributed by atoms with Crippen molar-refractivity contribution >= 4 is 62.2 Å². The third kappa shape index (κ3) is 3.98. The molecule has 1 unspecified atom stereocenters. The Labute approximate surface area is 207 Å². The summed E-state index contributed by atoms with van der Waals surface area (Å²) in [5.74, 6) is -0.00585. The van der Waals surface area contributed by atoms with E-state index in [0.717, 1.165) is 33.9 Å². The third-order valence-corrected chi connectivity index (χ3v) is 8.75. The fraction of sp³-hybridized carbons (Fsp3) is 0.364. The average Bonchev–Trinajstić information content (AvgIpc) is 3.42. The number of hydrogen-bond acceptors (Lipinski definition) is 10. The highest BCUT2D eigenvalue weighted by atomic mass is 32.2. The fourth-order valence-corrected chi connectivity index (χ4v) is 6.54. The molecule has 0 saturated heterocycles. The van der Waals surface area contributed by atoms with Crippen LogP contribution in [0.1, 0.15) is 41.1 Å². The van der Waals surface area contributed by atoms with Gasteiger partial charge in [-0.05, 0) is 37.3 Å². The zero-order chi connectivity index (χ0) is 24.0. The van der Waals surface area contributed by atoms with Crippen LogP contribution in [0.4, 0.5) is 5.69 Å². The van der Waals surface area contributed by atoms with Crippen LogP contribution in [-0.2, 0) is 17.8 Å². The fourth-order valence-electron chi connectivity index (χ4n) is 3.96. The first kappa shape index (κ1) is 23.2. The standard InChI is InChI=1S/C22H21N5O4S3/c1-4-22(2)9-14-16(10-31-22)34-19-17(14)18-24-25-21(26(18)20(23-19)32-3)33-11-15(28)12-5-7-13(8-6-12)27(29)30/h5-8H,4,9-11H2,1-3H3. The van der Waals surface area contributed by atoms with E-state index in [2.05, 4.69) is 24.0 Å². The smallest absolute Gasteiger partial charge is 0.269 e. The van der Waals surface area contributed by atoms with E-state index >= 15 is 0 Å². The topological polar surface area (TPSA) is 113 Å². The predicted octanol–water partition coefficient (Wildman–Crippen LogP) is 5.19. The lowest BCUT2D eigenvalue weighted by molar-refractivity contribution is -0.384. The molecule has 0 amide bonds. The maximum Gasteiger partial charge on any atom is 0.269 e. The Morgan fingerprint density at radius 3 is 2.74 bits per heavy atom. The van der Waals surface area contributed by atoms with Crippen LogP contribution in [0.15, 0.2) is 34.6 Å². The second-order valence-electron chi connectivity index (χ2n) is 8.21. The molecule has 1 aliphatic heterocycles. The first-order valence-corrected chi connectivity index (χ1v) is 13.6. The lowest BCUT2D eigenvalue weighted by Gasteiger charge is -2.32. The van der Waals surface area contributed by atoms with Crippen LogP contribution in [0.3, 0.4) is 0 Å². The van der Waals surface area contributed by atoms with Crippen LogP contribution in [-0.4, -0.2) is 47.9 Å². The summed E-state index contributed by atoms with van der Waals surface area (Å²) in [5.41, 5.74) is 2.13. The summed E-state index contributed by atoms with van der Waals surface area (Å²) in [6, 6.07) is 5.63. The van der Waals surface area contributed by atoms with Gasteiger partial charge in [0.25, 0.3) is 5.69 Å². The highest BCUT2D eigenvalue weighted by Gasteiger charge is 2.33. The average molecular weight is 516 g/mol. The minimum absolute atomic E-state index is 0.0453. The number of hydrogen-bond donors (Lipinski definition) is 0. The van der Waals surface area contributed by atoms with Gasteiger partial charge < -0.3 is 4.74 Å². The first-order chi connectivity index (χ1) is 16.3. The molecule has 1 atom stereocenters. The van der Waals surface area contributed by atoms with Crippen molar-refractivity contribution in [1.82, 2.24) is 19.6 Å². The molecule has 0 N–H and O–H groups in total. The summed E-state index contributed by atoms with van der Waals surface area (Å²) < 4.78 is 8.05. The summed E-state index contributed by atoms with van der Waals surface area (Å²) in [6.07, 6.45) is 3.66. The Bertz CT molecular complexity index is 1430. The van der Waals surface area contributed by atoms with Crippen molar-refractivity contribution < 1.29 is 14.5 Å². The third-order valence-electron chi connectivity index (χ3n) is 6.08. The number of nitro benzene ring substituents is 1. The molecule has 0 bridgehead atoms. The highest BCUT2D eigenvalue weighted by Crippen LogP contribution is 2.42. The molecule has 176 valence electrons. The summed E-state index contributed by atoms with van der Waals surface area (Å²) >= 11 is 4.43. The van der Waals surface area contributed by atoms with Crippen LogP contribution in [0.2, 0.25) is 0 Å². The number of Topliss-reactive ketones (excluding diaryl/α,β-unsaturated/α-hetero) is 1. The van der Waals surface area contributed by atoms with Gasteiger partial charge in [-0.1, -0.05) is 30.4 Å². The number of nitro groups is 1. The quantitative estimate of drug-likeness (QED) is 0.108. The van der Waals surface area contributed by atoms with Crippen LogP contribution in [0.25, 0.3) is 15.9 Å². The molecule has 0 spiro atoms. The number of carbonyl (C=O) groups is 1. The summed E-state index contributed by atoms with van der Waals surface area (Å²) in [4.78, 5) is 30.1. The Kier molecular flexibility index (Phi) is 6.09. The van der Waals surface area contributed by atoms with Crippen molar-refractivity contribution in [3.63, 3.8) is 0 Å². The first-order valence-electron chi connectivity index (χ1n) is 10.6. The Hall–Kier alpha value is -2.54. The zero-order valence-electron chi connectivity index (χ0n) is 18.7. The number of ether oxygens (including phenoxy) is 1. The minimum atomic E-state index is -0.485. The van der Waals surface area contributed by atoms with Gasteiger partial charge in [-0.15, -0.1) is 21.5 Å². The van der Waals surface area contributed by atoms with Gasteiger partial charge in [-0.25, -0.2) is 9.38 Å². The van der Waals surface area contributed by atoms with Crippen LogP contribution < -0.4 is 0 Å². The van der Waals surface area contributed by atoms with Gasteiger partial charge in [-0.2, -0.15) is 0 Å². The molecule has 5 rings (SSSR count). The Morgan fingerprint density at radius 2 is 2.06 bits per heavy atom. The minimum Gasteiger partial charge on any atom is -0.369 e. The summed E-state index contributed by atoms with van der Waals surface area (Å²) in [5, 5.41) is 22.1. The molecule has 4 aromatic rings. The normalized spacial score (nSPS) is 17.9. The van der Waals surface area contributed by atoms with Crippen molar-refractivity contribution in [1.29, 1.82) is 0 Å². The SMILES string of the molecule is CCC1(C)Cc2c(sc3nc(SC)n4c(SCC(=O)c5ccc([N+](=O)[O-])cc5)nnc4c23)CO1. The number of carbonyl (C=O) groups excluding carboxylic acids is 1. The molecular formula is C22H21N5O4S3. The molecule has 0 fully saturated rings. The van der Waals surface area contributed by atoms with Gasteiger partial charge in [-0.3, -0.25) is 14.9 Å². The summed E-state index contributed by atoms with van der Waals surface area (Å²) in [6.45, 7) is 4.84. The van der Waals surface area contributed by atoms with Gasteiger partial charge in [0.1, 0.15) is 4.83 Å². The zero-order valence-corrected chi connectivity index (χ0v) is 21.2. The molecule has 0 saturated carbocycles. The predicted molar refractivity (Wildman–Crippen MR) is 133 cm³/mol. The molecule has 0 radical (unpaired) electrons. The van der Waals surface area contributed by atoms with E-state index in [1.54, 1.807) is 11.3 Å². The molecule has 0 aliphatic carbocycles. The number of fused-ring (bicyclic) bond motifs is 5. The molecule has 3 aromatic heterocycles. The largest absolute Gasteiger partial charge is 0.369 e. The van der Waals surface area contributed by atoms with Gasteiger partial charge in [0.2, 0.25) is 0 Å². The van der Waals surface area contributed by atoms with Crippen LogP contribution in [0.5, 0.6) is 0 Å². The number of rotatable bonds is 7. The van der Waals surface area contributed by atoms with E-state index in [0.29, 0.717) is 17.3 Å². The molecule has 34 heavy (non-hydrogen) atoms. The number of benzene rings is 1. The summed E-state index contributed by atoms with van der Waals surface area (Å²) in [7, 11) is 0. The van der Waals surface area contributed by atoms with E-state index in [1.165, 1.54) is 58.2 Å². The molecule has 12 heteroatoms. The van der Waals surface area contributed by atoms with Gasteiger partial charge in [0.05, 0.1) is 28.3 Å². The van der Waals surface area contributed by atoms with E-state index in [-0.39, 0.29) is 22.8 Å². The number of non-ortho nitro benzene ring substituents is 1. The second-order valence-corrected chi connectivity index (χ2v) is 11.0. The molecular weight excluding hydrogens is 494 g/mol. The van der Waals surface area contributed by atoms with Crippen LogP contribution >= 0.6 is 34.9 Å². The number of thiophene rings is 1. The van der Waals surface area contributed by atoms with Crippen molar-refractivity contribution in [3.05, 3.63) is 50.4 Å². The molecule has 1 aromatic carbocycles.